The molecule has 0 heterocycles. The summed E-state index contributed by atoms with van der Waals surface area (Å²) in [4.78, 5) is 37.9. The number of carbonyl (C=O) groups is 3. The smallest absolute Gasteiger partial charge is 0.306 e. The van der Waals surface area contributed by atoms with Gasteiger partial charge in [-0.2, -0.15) is 0 Å². The van der Waals surface area contributed by atoms with Crippen molar-refractivity contribution in [1.82, 2.24) is 0 Å². The quantitative estimate of drug-likeness (QED) is 0.0200. The van der Waals surface area contributed by atoms with Gasteiger partial charge in [-0.15, -0.1) is 0 Å². The standard InChI is InChI=1S/C55H92O6/c1-4-7-10-13-16-19-22-24-25-26-27-28-29-31-33-36-39-42-45-48-54(57)60-51-52(50-59-53(56)47-44-41-38-35-32-21-18-15-12-9-6-3)61-55(58)49-46-43-40-37-34-30-23-20-17-14-11-8-5-2/h7-8,10-11,14,16-17,19-20,23-25,30,34,52H,4-6,9,12-13,15,18,21-22,26-29,31-33,35-51H2,1-3H3/b10-7-,11-8-,17-14-,19-16-,23-20-,25-24-,34-30-. The van der Waals surface area contributed by atoms with E-state index in [1.807, 2.05) is 36.5 Å². The highest BCUT2D eigenvalue weighted by Gasteiger charge is 2.19. The molecule has 0 aliphatic rings. The SMILES string of the molecule is CC\C=C/C=C\C=C/C=C\CCCCCC(=O)OC(COC(=O)CCCCCCCCCCC/C=C\C/C=C\C/C=C\CC)COC(=O)CCCCCCCCCCCCC. The van der Waals surface area contributed by atoms with E-state index >= 15 is 0 Å². The van der Waals surface area contributed by atoms with Crippen LogP contribution in [0.2, 0.25) is 0 Å². The zero-order valence-electron chi connectivity index (χ0n) is 39.7. The van der Waals surface area contributed by atoms with Crippen molar-refractivity contribution < 1.29 is 28.6 Å². The molecule has 6 heteroatoms. The molecule has 348 valence electrons. The molecule has 0 bridgehead atoms. The average molecular weight is 849 g/mol. The minimum atomic E-state index is -0.796. The third kappa shape index (κ3) is 47.5. The molecule has 0 aliphatic carbocycles. The Hall–Kier alpha value is -3.41. The number of rotatable bonds is 44. The molecule has 1 atom stereocenters. The molecule has 6 nitrogen and oxygen atoms in total. The van der Waals surface area contributed by atoms with Crippen LogP contribution in [0.1, 0.15) is 226 Å². The van der Waals surface area contributed by atoms with Crippen LogP contribution in [0.15, 0.2) is 85.1 Å². The van der Waals surface area contributed by atoms with E-state index in [0.29, 0.717) is 19.3 Å². The molecule has 0 saturated heterocycles. The molecule has 61 heavy (non-hydrogen) atoms. The Morgan fingerprint density at radius 2 is 0.721 bits per heavy atom. The summed E-state index contributed by atoms with van der Waals surface area (Å²) in [5.74, 6) is -0.941. The summed E-state index contributed by atoms with van der Waals surface area (Å²) in [5, 5.41) is 0. The first-order chi connectivity index (χ1) is 30.0. The lowest BCUT2D eigenvalue weighted by atomic mass is 10.1. The maximum absolute atomic E-state index is 12.7. The van der Waals surface area contributed by atoms with Crippen molar-refractivity contribution >= 4 is 17.9 Å². The predicted octanol–water partition coefficient (Wildman–Crippen LogP) is 16.4. The molecule has 0 amide bonds. The van der Waals surface area contributed by atoms with E-state index in [2.05, 4.69) is 69.4 Å². The zero-order chi connectivity index (χ0) is 44.4. The van der Waals surface area contributed by atoms with Crippen LogP contribution >= 0.6 is 0 Å². The van der Waals surface area contributed by atoms with Gasteiger partial charge in [-0.3, -0.25) is 14.4 Å². The van der Waals surface area contributed by atoms with Crippen LogP contribution in [0, 0.1) is 0 Å². The molecule has 0 fully saturated rings. The Morgan fingerprint density at radius 3 is 1.21 bits per heavy atom. The lowest BCUT2D eigenvalue weighted by molar-refractivity contribution is -0.167. The maximum atomic E-state index is 12.7. The third-order valence-electron chi connectivity index (χ3n) is 10.5. The molecule has 0 aromatic rings. The molecule has 0 rings (SSSR count). The average Bonchev–Trinajstić information content (AvgIpc) is 3.26. The summed E-state index contributed by atoms with van der Waals surface area (Å²) >= 11 is 0. The molecule has 0 saturated carbocycles. The van der Waals surface area contributed by atoms with Gasteiger partial charge in [0, 0.05) is 19.3 Å². The van der Waals surface area contributed by atoms with E-state index < -0.39 is 6.10 Å². The fourth-order valence-corrected chi connectivity index (χ4v) is 6.76. The van der Waals surface area contributed by atoms with Crippen LogP contribution in [-0.4, -0.2) is 37.2 Å². The summed E-state index contributed by atoms with van der Waals surface area (Å²) in [6.07, 6.45) is 62.8. The minimum absolute atomic E-state index is 0.0933. The zero-order valence-corrected chi connectivity index (χ0v) is 39.7. The van der Waals surface area contributed by atoms with Crippen molar-refractivity contribution in [2.24, 2.45) is 0 Å². The van der Waals surface area contributed by atoms with E-state index in [9.17, 15) is 14.4 Å². The molecule has 0 aliphatic heterocycles. The number of hydrogen-bond donors (Lipinski definition) is 0. The van der Waals surface area contributed by atoms with Gasteiger partial charge in [0.15, 0.2) is 6.10 Å². The Morgan fingerprint density at radius 1 is 0.361 bits per heavy atom. The number of allylic oxidation sites excluding steroid dienone is 14. The molecule has 0 N–H and O–H groups in total. The summed E-state index contributed by atoms with van der Waals surface area (Å²) in [5.41, 5.74) is 0. The van der Waals surface area contributed by atoms with Gasteiger partial charge < -0.3 is 14.2 Å². The highest BCUT2D eigenvalue weighted by molar-refractivity contribution is 5.71. The predicted molar refractivity (Wildman–Crippen MR) is 261 cm³/mol. The fraction of sp³-hybridized carbons (Fsp3) is 0.691. The van der Waals surface area contributed by atoms with Gasteiger partial charge in [-0.05, 0) is 70.6 Å². The lowest BCUT2D eigenvalue weighted by Crippen LogP contribution is -2.30. The summed E-state index contributed by atoms with van der Waals surface area (Å²) in [6, 6.07) is 0. The Balaban J connectivity index is 4.39. The minimum Gasteiger partial charge on any atom is -0.462 e. The summed E-state index contributed by atoms with van der Waals surface area (Å²) in [6.45, 7) is 6.34. The fourth-order valence-electron chi connectivity index (χ4n) is 6.76. The van der Waals surface area contributed by atoms with Gasteiger partial charge in [-0.25, -0.2) is 0 Å². The Kier molecular flexibility index (Phi) is 46.5. The summed E-state index contributed by atoms with van der Waals surface area (Å²) in [7, 11) is 0. The van der Waals surface area contributed by atoms with Crippen molar-refractivity contribution in [3.05, 3.63) is 85.1 Å². The molecule has 1 unspecified atom stereocenters. The largest absolute Gasteiger partial charge is 0.462 e. The van der Waals surface area contributed by atoms with Crippen LogP contribution in [0.5, 0.6) is 0 Å². The van der Waals surface area contributed by atoms with E-state index in [1.165, 1.54) is 96.3 Å². The van der Waals surface area contributed by atoms with Crippen molar-refractivity contribution in [3.8, 4) is 0 Å². The third-order valence-corrected chi connectivity index (χ3v) is 10.5. The topological polar surface area (TPSA) is 78.9 Å². The number of carbonyl (C=O) groups excluding carboxylic acids is 3. The van der Waals surface area contributed by atoms with Crippen molar-refractivity contribution in [1.29, 1.82) is 0 Å². The number of esters is 3. The molecular weight excluding hydrogens is 757 g/mol. The van der Waals surface area contributed by atoms with Crippen molar-refractivity contribution in [3.63, 3.8) is 0 Å². The second-order valence-electron chi connectivity index (χ2n) is 16.4. The Labute approximate surface area is 375 Å². The van der Waals surface area contributed by atoms with Crippen molar-refractivity contribution in [2.45, 2.75) is 232 Å². The molecular formula is C55H92O6. The van der Waals surface area contributed by atoms with Gasteiger partial charge in [0.05, 0.1) is 0 Å². The van der Waals surface area contributed by atoms with Gasteiger partial charge in [0.2, 0.25) is 0 Å². The van der Waals surface area contributed by atoms with Gasteiger partial charge in [-0.1, -0.05) is 221 Å². The molecule has 0 spiro atoms. The maximum Gasteiger partial charge on any atom is 0.306 e. The Bertz CT molecular complexity index is 1200. The second kappa shape index (κ2) is 49.2. The van der Waals surface area contributed by atoms with E-state index in [0.717, 1.165) is 83.5 Å². The van der Waals surface area contributed by atoms with E-state index in [4.69, 9.17) is 14.2 Å². The second-order valence-corrected chi connectivity index (χ2v) is 16.4. The van der Waals surface area contributed by atoms with Gasteiger partial charge in [0.25, 0.3) is 0 Å². The van der Waals surface area contributed by atoms with Crippen molar-refractivity contribution in [2.75, 3.05) is 13.2 Å². The lowest BCUT2D eigenvalue weighted by Gasteiger charge is -2.18. The first-order valence-corrected chi connectivity index (χ1v) is 25.1. The van der Waals surface area contributed by atoms with Gasteiger partial charge >= 0.3 is 17.9 Å². The number of unbranched alkanes of at least 4 members (excludes halogenated alkanes) is 22. The summed E-state index contributed by atoms with van der Waals surface area (Å²) < 4.78 is 16.7. The highest BCUT2D eigenvalue weighted by atomic mass is 16.6. The van der Waals surface area contributed by atoms with E-state index in [1.54, 1.807) is 0 Å². The first-order valence-electron chi connectivity index (χ1n) is 25.1. The van der Waals surface area contributed by atoms with Crippen LogP contribution in [0.3, 0.4) is 0 Å². The normalized spacial score (nSPS) is 12.8. The number of ether oxygens (including phenoxy) is 3. The van der Waals surface area contributed by atoms with E-state index in [-0.39, 0.29) is 37.5 Å². The van der Waals surface area contributed by atoms with Crippen LogP contribution in [0.4, 0.5) is 0 Å². The molecule has 0 aromatic heterocycles. The van der Waals surface area contributed by atoms with Gasteiger partial charge in [0.1, 0.15) is 13.2 Å². The van der Waals surface area contributed by atoms with Crippen LogP contribution in [-0.2, 0) is 28.6 Å². The monoisotopic (exact) mass is 849 g/mol. The van der Waals surface area contributed by atoms with Crippen LogP contribution < -0.4 is 0 Å². The number of hydrogen-bond acceptors (Lipinski definition) is 6. The highest BCUT2D eigenvalue weighted by Crippen LogP contribution is 2.15. The van der Waals surface area contributed by atoms with Crippen LogP contribution in [0.25, 0.3) is 0 Å². The molecule has 0 aromatic carbocycles. The first kappa shape index (κ1) is 57.6. The molecule has 0 radical (unpaired) electrons.